The highest BCUT2D eigenvalue weighted by atomic mass is 19.4. The number of aromatic nitrogens is 3. The second kappa shape index (κ2) is 3.49. The maximum atomic E-state index is 12.6. The monoisotopic (exact) mass is 254 g/mol. The first kappa shape index (κ1) is 11.1. The minimum Gasteiger partial charge on any atom is -0.326 e. The van der Waals surface area contributed by atoms with Gasteiger partial charge in [0, 0.05) is 18.4 Å². The fraction of sp³-hybridized carbons (Fsp3) is 0.182. The summed E-state index contributed by atoms with van der Waals surface area (Å²) in [7, 11) is 0. The third-order valence-corrected chi connectivity index (χ3v) is 2.79. The van der Waals surface area contributed by atoms with Gasteiger partial charge in [0.15, 0.2) is 0 Å². The summed E-state index contributed by atoms with van der Waals surface area (Å²) in [4.78, 5) is 7.13. The summed E-state index contributed by atoms with van der Waals surface area (Å²) in [6.45, 7) is 0.282. The molecule has 0 aliphatic rings. The van der Waals surface area contributed by atoms with Gasteiger partial charge in [0.25, 0.3) is 0 Å². The summed E-state index contributed by atoms with van der Waals surface area (Å²) < 4.78 is 39.5. The number of nitrogens with one attached hydrogen (secondary N) is 1. The number of benzene rings is 1. The van der Waals surface area contributed by atoms with E-state index in [1.165, 1.54) is 6.07 Å². The van der Waals surface area contributed by atoms with Crippen molar-refractivity contribution in [3.05, 3.63) is 35.7 Å². The number of rotatable bonds is 1. The van der Waals surface area contributed by atoms with Gasteiger partial charge in [-0.05, 0) is 18.2 Å². The number of aromatic amines is 1. The van der Waals surface area contributed by atoms with Gasteiger partial charge in [0.05, 0.1) is 16.6 Å². The van der Waals surface area contributed by atoms with Crippen molar-refractivity contribution in [2.75, 3.05) is 0 Å². The van der Waals surface area contributed by atoms with Crippen LogP contribution in [-0.2, 0) is 12.7 Å². The molecule has 0 amide bonds. The van der Waals surface area contributed by atoms with Crippen LogP contribution < -0.4 is 5.73 Å². The van der Waals surface area contributed by atoms with Crippen LogP contribution in [-0.4, -0.2) is 14.4 Å². The number of nitrogens with zero attached hydrogens (tertiary/aromatic N) is 2. The summed E-state index contributed by atoms with van der Waals surface area (Å²) in [5, 5.41) is 0. The molecule has 3 rings (SSSR count). The lowest BCUT2D eigenvalue weighted by molar-refractivity contribution is -0.137. The number of halogens is 3. The Hall–Kier alpha value is -2.02. The van der Waals surface area contributed by atoms with E-state index >= 15 is 0 Å². The van der Waals surface area contributed by atoms with Crippen LogP contribution in [0.25, 0.3) is 16.8 Å². The number of H-pyrrole nitrogens is 1. The number of imidazole rings is 2. The van der Waals surface area contributed by atoms with Gasteiger partial charge in [-0.3, -0.25) is 4.40 Å². The lowest BCUT2D eigenvalue weighted by Crippen LogP contribution is -2.04. The molecule has 0 aliphatic carbocycles. The number of hydrogen-bond acceptors (Lipinski definition) is 2. The second-order valence-electron chi connectivity index (χ2n) is 3.99. The Morgan fingerprint density at radius 3 is 2.78 bits per heavy atom. The highest BCUT2D eigenvalue weighted by Crippen LogP contribution is 2.31. The largest absolute Gasteiger partial charge is 0.416 e. The molecule has 2 heterocycles. The summed E-state index contributed by atoms with van der Waals surface area (Å²) in [5.74, 6) is 0.491. The number of alkyl halides is 3. The van der Waals surface area contributed by atoms with Crippen molar-refractivity contribution in [3.8, 4) is 0 Å². The smallest absolute Gasteiger partial charge is 0.326 e. The summed E-state index contributed by atoms with van der Waals surface area (Å²) in [5.41, 5.74) is 6.42. The molecule has 7 heteroatoms. The third-order valence-electron chi connectivity index (χ3n) is 2.79. The van der Waals surface area contributed by atoms with E-state index in [0.29, 0.717) is 16.8 Å². The van der Waals surface area contributed by atoms with E-state index in [2.05, 4.69) is 9.97 Å². The zero-order valence-corrected chi connectivity index (χ0v) is 9.12. The quantitative estimate of drug-likeness (QED) is 0.700. The molecule has 0 fully saturated rings. The number of hydrogen-bond donors (Lipinski definition) is 2. The molecule has 0 aliphatic heterocycles. The van der Waals surface area contributed by atoms with E-state index in [9.17, 15) is 13.2 Å². The van der Waals surface area contributed by atoms with Gasteiger partial charge in [-0.2, -0.15) is 13.2 Å². The van der Waals surface area contributed by atoms with Crippen molar-refractivity contribution in [2.24, 2.45) is 5.73 Å². The molecule has 1 aromatic carbocycles. The Bertz CT molecular complexity index is 723. The molecular weight excluding hydrogens is 245 g/mol. The molecule has 4 nitrogen and oxygen atoms in total. The van der Waals surface area contributed by atoms with Crippen LogP contribution in [0.2, 0.25) is 0 Å². The maximum absolute atomic E-state index is 12.6. The van der Waals surface area contributed by atoms with Crippen molar-refractivity contribution in [2.45, 2.75) is 12.7 Å². The van der Waals surface area contributed by atoms with Crippen molar-refractivity contribution in [3.63, 3.8) is 0 Å². The van der Waals surface area contributed by atoms with E-state index in [1.807, 2.05) is 0 Å². The summed E-state index contributed by atoms with van der Waals surface area (Å²) in [6, 6.07) is 3.48. The van der Waals surface area contributed by atoms with Gasteiger partial charge in [-0.15, -0.1) is 0 Å². The van der Waals surface area contributed by atoms with Crippen LogP contribution >= 0.6 is 0 Å². The van der Waals surface area contributed by atoms with Crippen molar-refractivity contribution >= 4 is 16.8 Å². The number of fused-ring (bicyclic) bond motifs is 3. The Morgan fingerprint density at radius 2 is 2.11 bits per heavy atom. The Balaban J connectivity index is 2.29. The predicted octanol–water partition coefficient (Wildman–Crippen LogP) is 2.29. The summed E-state index contributed by atoms with van der Waals surface area (Å²) >= 11 is 0. The fourth-order valence-corrected chi connectivity index (χ4v) is 1.92. The second-order valence-corrected chi connectivity index (χ2v) is 3.99. The van der Waals surface area contributed by atoms with Crippen molar-refractivity contribution in [1.82, 2.24) is 14.4 Å². The minimum atomic E-state index is -4.36. The van der Waals surface area contributed by atoms with Crippen LogP contribution in [0.1, 0.15) is 11.3 Å². The third kappa shape index (κ3) is 1.55. The molecule has 0 unspecified atom stereocenters. The Kier molecular flexibility index (Phi) is 2.15. The molecule has 3 aromatic rings. The first-order chi connectivity index (χ1) is 8.49. The van der Waals surface area contributed by atoms with Crippen molar-refractivity contribution < 1.29 is 13.2 Å². The first-order valence-corrected chi connectivity index (χ1v) is 5.26. The van der Waals surface area contributed by atoms with E-state index < -0.39 is 11.7 Å². The highest BCUT2D eigenvalue weighted by molar-refractivity contribution is 5.80. The molecule has 94 valence electrons. The van der Waals surface area contributed by atoms with Gasteiger partial charge >= 0.3 is 6.18 Å². The first-order valence-electron chi connectivity index (χ1n) is 5.26. The average Bonchev–Trinajstić information content (AvgIpc) is 2.83. The van der Waals surface area contributed by atoms with Gasteiger partial charge < -0.3 is 10.7 Å². The maximum Gasteiger partial charge on any atom is 0.416 e. The molecule has 0 radical (unpaired) electrons. The SMILES string of the molecule is NCc1cn2c(nc3ccc(C(F)(F)F)cc32)[nH]1. The topological polar surface area (TPSA) is 59.1 Å². The molecule has 2 aromatic heterocycles. The van der Waals surface area contributed by atoms with Crippen LogP contribution in [0.4, 0.5) is 13.2 Å². The van der Waals surface area contributed by atoms with Gasteiger partial charge in [0.2, 0.25) is 5.78 Å². The van der Waals surface area contributed by atoms with Crippen LogP contribution in [0.3, 0.4) is 0 Å². The lowest BCUT2D eigenvalue weighted by Gasteiger charge is -2.05. The fourth-order valence-electron chi connectivity index (χ4n) is 1.92. The van der Waals surface area contributed by atoms with E-state index in [0.717, 1.165) is 17.8 Å². The molecular formula is C11H9F3N4. The molecule has 18 heavy (non-hydrogen) atoms. The van der Waals surface area contributed by atoms with Gasteiger partial charge in [-0.25, -0.2) is 4.98 Å². The van der Waals surface area contributed by atoms with E-state index in [4.69, 9.17) is 5.73 Å². The van der Waals surface area contributed by atoms with Gasteiger partial charge in [-0.1, -0.05) is 0 Å². The average molecular weight is 254 g/mol. The Morgan fingerprint density at radius 1 is 1.33 bits per heavy atom. The zero-order valence-electron chi connectivity index (χ0n) is 9.12. The standard InChI is InChI=1S/C11H9F3N4/c12-11(13,14)6-1-2-8-9(3-6)18-5-7(4-15)16-10(18)17-8/h1-3,5H,4,15H2,(H,16,17). The predicted molar refractivity (Wildman–Crippen MR) is 59.9 cm³/mol. The van der Waals surface area contributed by atoms with E-state index in [1.54, 1.807) is 10.6 Å². The minimum absolute atomic E-state index is 0.282. The number of nitrogens with two attached hydrogens (primary N) is 1. The molecule has 0 spiro atoms. The van der Waals surface area contributed by atoms with Crippen LogP contribution in [0.5, 0.6) is 0 Å². The Labute approximate surface area is 99.2 Å². The van der Waals surface area contributed by atoms with Gasteiger partial charge in [0.1, 0.15) is 0 Å². The van der Waals surface area contributed by atoms with Crippen molar-refractivity contribution in [1.29, 1.82) is 0 Å². The molecule has 0 saturated heterocycles. The summed E-state index contributed by atoms with van der Waals surface area (Å²) in [6.07, 6.45) is -2.70. The normalized spacial score (nSPS) is 12.7. The van der Waals surface area contributed by atoms with E-state index in [-0.39, 0.29) is 6.54 Å². The lowest BCUT2D eigenvalue weighted by atomic mass is 10.2. The van der Waals surface area contributed by atoms with Crippen LogP contribution in [0, 0.1) is 0 Å². The zero-order chi connectivity index (χ0) is 12.9. The molecule has 0 saturated carbocycles. The molecule has 0 bridgehead atoms. The highest BCUT2D eigenvalue weighted by Gasteiger charge is 2.30. The van der Waals surface area contributed by atoms with Crippen LogP contribution in [0.15, 0.2) is 24.4 Å². The molecule has 3 N–H and O–H groups in total. The molecule has 0 atom stereocenters.